The summed E-state index contributed by atoms with van der Waals surface area (Å²) in [6, 6.07) is 9.79. The van der Waals surface area contributed by atoms with E-state index in [9.17, 15) is 5.11 Å². The number of benzene rings is 1. The van der Waals surface area contributed by atoms with Crippen molar-refractivity contribution < 1.29 is 5.11 Å². The second-order valence-electron chi connectivity index (χ2n) is 4.01. The zero-order valence-electron chi connectivity index (χ0n) is 10.2. The molecule has 0 saturated carbocycles. The molecule has 6 heteroatoms. The van der Waals surface area contributed by atoms with Gasteiger partial charge < -0.3 is 15.0 Å². The number of fused-ring (bicyclic) bond motifs is 1. The van der Waals surface area contributed by atoms with Gasteiger partial charge in [0.2, 0.25) is 0 Å². The van der Waals surface area contributed by atoms with Crippen LogP contribution in [0.1, 0.15) is 0 Å². The van der Waals surface area contributed by atoms with Crippen LogP contribution >= 0.6 is 0 Å². The molecule has 0 unspecified atom stereocenters. The lowest BCUT2D eigenvalue weighted by Crippen LogP contribution is -2.22. The minimum absolute atomic E-state index is 0.0362. The summed E-state index contributed by atoms with van der Waals surface area (Å²) >= 11 is 0. The molecular formula is C13H13N5O. The molecule has 2 aromatic heterocycles. The molecule has 0 bridgehead atoms. The van der Waals surface area contributed by atoms with Gasteiger partial charge in [0.15, 0.2) is 11.5 Å². The predicted molar refractivity (Wildman–Crippen MR) is 72.2 cm³/mol. The van der Waals surface area contributed by atoms with Crippen LogP contribution in [0.5, 0.6) is 0 Å². The van der Waals surface area contributed by atoms with Crippen LogP contribution in [0.25, 0.3) is 11.2 Å². The van der Waals surface area contributed by atoms with Crippen molar-refractivity contribution in [3.05, 3.63) is 43.0 Å². The number of aromatic nitrogens is 4. The van der Waals surface area contributed by atoms with Gasteiger partial charge >= 0.3 is 0 Å². The minimum Gasteiger partial charge on any atom is -0.395 e. The third-order valence-electron chi connectivity index (χ3n) is 2.85. The summed E-state index contributed by atoms with van der Waals surface area (Å²) in [5, 5.41) is 9.27. The van der Waals surface area contributed by atoms with E-state index in [1.54, 1.807) is 6.33 Å². The number of anilines is 2. The van der Waals surface area contributed by atoms with Gasteiger partial charge in [-0.2, -0.15) is 0 Å². The molecule has 0 radical (unpaired) electrons. The van der Waals surface area contributed by atoms with Gasteiger partial charge in [0.1, 0.15) is 11.8 Å². The van der Waals surface area contributed by atoms with E-state index in [1.807, 2.05) is 35.2 Å². The molecule has 19 heavy (non-hydrogen) atoms. The van der Waals surface area contributed by atoms with Crippen LogP contribution in [0.3, 0.4) is 0 Å². The van der Waals surface area contributed by atoms with Gasteiger partial charge in [0.25, 0.3) is 0 Å². The predicted octanol–water partition coefficient (Wildman–Crippen LogP) is 1.48. The molecule has 0 spiro atoms. The normalized spacial score (nSPS) is 10.8. The quantitative estimate of drug-likeness (QED) is 0.738. The topological polar surface area (TPSA) is 77.9 Å². The largest absolute Gasteiger partial charge is 0.395 e. The van der Waals surface area contributed by atoms with Crippen LogP contribution in [-0.2, 0) is 0 Å². The standard InChI is InChI=1S/C13H13N5O/c19-7-6-18(10-4-2-1-3-5-10)13-11-12(15-8-14-11)16-9-17-13/h1-5,8-9,19H,6-7H2,(H,14,15,16,17). The second-order valence-corrected chi connectivity index (χ2v) is 4.01. The Morgan fingerprint density at radius 2 is 1.95 bits per heavy atom. The molecule has 0 aliphatic carbocycles. The van der Waals surface area contributed by atoms with Gasteiger partial charge in [0, 0.05) is 12.2 Å². The first-order valence-electron chi connectivity index (χ1n) is 5.97. The molecule has 1 aromatic carbocycles. The fourth-order valence-corrected chi connectivity index (χ4v) is 2.02. The fraction of sp³-hybridized carbons (Fsp3) is 0.154. The van der Waals surface area contributed by atoms with Crippen LogP contribution < -0.4 is 4.90 Å². The summed E-state index contributed by atoms with van der Waals surface area (Å²) in [6.45, 7) is 0.490. The van der Waals surface area contributed by atoms with Crippen LogP contribution in [0.2, 0.25) is 0 Å². The number of aliphatic hydroxyl groups is 1. The summed E-state index contributed by atoms with van der Waals surface area (Å²) in [5.41, 5.74) is 2.34. The highest BCUT2D eigenvalue weighted by atomic mass is 16.3. The summed E-state index contributed by atoms with van der Waals surface area (Å²) in [6.07, 6.45) is 3.07. The summed E-state index contributed by atoms with van der Waals surface area (Å²) in [5.74, 6) is 0.711. The zero-order chi connectivity index (χ0) is 13.1. The lowest BCUT2D eigenvalue weighted by atomic mass is 10.2. The van der Waals surface area contributed by atoms with Gasteiger partial charge in [-0.3, -0.25) is 0 Å². The van der Waals surface area contributed by atoms with E-state index in [-0.39, 0.29) is 6.61 Å². The van der Waals surface area contributed by atoms with E-state index < -0.39 is 0 Å². The van der Waals surface area contributed by atoms with Crippen molar-refractivity contribution in [3.8, 4) is 0 Å². The summed E-state index contributed by atoms with van der Waals surface area (Å²) in [4.78, 5) is 17.5. The number of aliphatic hydroxyl groups excluding tert-OH is 1. The molecule has 3 rings (SSSR count). The fourth-order valence-electron chi connectivity index (χ4n) is 2.02. The number of hydrogen-bond acceptors (Lipinski definition) is 5. The average molecular weight is 255 g/mol. The molecule has 2 heterocycles. The molecule has 2 N–H and O–H groups in total. The molecule has 6 nitrogen and oxygen atoms in total. The average Bonchev–Trinajstić information content (AvgIpc) is 2.94. The van der Waals surface area contributed by atoms with Crippen molar-refractivity contribution in [1.29, 1.82) is 0 Å². The summed E-state index contributed by atoms with van der Waals surface area (Å²) < 4.78 is 0. The maximum absolute atomic E-state index is 9.27. The van der Waals surface area contributed by atoms with Gasteiger partial charge in [-0.15, -0.1) is 0 Å². The lowest BCUT2D eigenvalue weighted by molar-refractivity contribution is 0.305. The smallest absolute Gasteiger partial charge is 0.182 e. The van der Waals surface area contributed by atoms with Crippen LogP contribution in [0, 0.1) is 0 Å². The van der Waals surface area contributed by atoms with E-state index in [4.69, 9.17) is 0 Å². The highest BCUT2D eigenvalue weighted by Gasteiger charge is 2.15. The van der Waals surface area contributed by atoms with E-state index in [2.05, 4.69) is 19.9 Å². The highest BCUT2D eigenvalue weighted by Crippen LogP contribution is 2.26. The first-order valence-corrected chi connectivity index (χ1v) is 5.97. The van der Waals surface area contributed by atoms with Crippen molar-refractivity contribution >= 4 is 22.7 Å². The van der Waals surface area contributed by atoms with Gasteiger partial charge in [-0.25, -0.2) is 15.0 Å². The number of para-hydroxylation sites is 1. The maximum Gasteiger partial charge on any atom is 0.182 e. The molecule has 3 aromatic rings. The monoisotopic (exact) mass is 255 g/mol. The van der Waals surface area contributed by atoms with Gasteiger partial charge in [-0.05, 0) is 12.1 Å². The van der Waals surface area contributed by atoms with Crippen molar-refractivity contribution in [2.24, 2.45) is 0 Å². The van der Waals surface area contributed by atoms with E-state index >= 15 is 0 Å². The lowest BCUT2D eigenvalue weighted by Gasteiger charge is -2.22. The van der Waals surface area contributed by atoms with Crippen LogP contribution in [0.4, 0.5) is 11.5 Å². The molecule has 0 amide bonds. The highest BCUT2D eigenvalue weighted by molar-refractivity contribution is 5.85. The Balaban J connectivity index is 2.12. The number of hydrogen-bond donors (Lipinski definition) is 2. The molecule has 0 aliphatic heterocycles. The number of imidazole rings is 1. The van der Waals surface area contributed by atoms with Crippen molar-refractivity contribution in [3.63, 3.8) is 0 Å². The van der Waals surface area contributed by atoms with Crippen LogP contribution in [0.15, 0.2) is 43.0 Å². The van der Waals surface area contributed by atoms with Gasteiger partial charge in [0.05, 0.1) is 12.9 Å². The van der Waals surface area contributed by atoms with E-state index in [0.29, 0.717) is 18.0 Å². The van der Waals surface area contributed by atoms with Gasteiger partial charge in [-0.1, -0.05) is 18.2 Å². The minimum atomic E-state index is 0.0362. The van der Waals surface area contributed by atoms with Crippen molar-refractivity contribution in [2.45, 2.75) is 0 Å². The molecule has 0 aliphatic rings. The Kier molecular flexibility index (Phi) is 3.07. The maximum atomic E-state index is 9.27. The summed E-state index contributed by atoms with van der Waals surface area (Å²) in [7, 11) is 0. The van der Waals surface area contributed by atoms with Crippen LogP contribution in [-0.4, -0.2) is 38.2 Å². The molecular weight excluding hydrogens is 242 g/mol. The Hall–Kier alpha value is -2.47. The third kappa shape index (κ3) is 2.13. The van der Waals surface area contributed by atoms with Crippen molar-refractivity contribution in [2.75, 3.05) is 18.1 Å². The first-order chi connectivity index (χ1) is 9.40. The molecule has 96 valence electrons. The van der Waals surface area contributed by atoms with E-state index in [1.165, 1.54) is 6.33 Å². The number of nitrogens with zero attached hydrogens (tertiary/aromatic N) is 4. The first kappa shape index (κ1) is 11.6. The Labute approximate surface area is 109 Å². The molecule has 0 fully saturated rings. The van der Waals surface area contributed by atoms with E-state index in [0.717, 1.165) is 11.2 Å². The zero-order valence-corrected chi connectivity index (χ0v) is 10.2. The second kappa shape index (κ2) is 5.03. The molecule has 0 atom stereocenters. The van der Waals surface area contributed by atoms with Crippen molar-refractivity contribution in [1.82, 2.24) is 19.9 Å². The molecule has 0 saturated heterocycles. The number of H-pyrrole nitrogens is 1. The SMILES string of the molecule is OCCN(c1ccccc1)c1ncnc2nc[nH]c12. The number of aromatic amines is 1. The Morgan fingerprint density at radius 3 is 2.74 bits per heavy atom. The Morgan fingerprint density at radius 1 is 1.11 bits per heavy atom. The third-order valence-corrected chi connectivity index (χ3v) is 2.85. The Bertz CT molecular complexity index is 667. The number of nitrogens with one attached hydrogen (secondary N) is 1. The number of rotatable bonds is 4.